The predicted octanol–water partition coefficient (Wildman–Crippen LogP) is 4.20. The lowest BCUT2D eigenvalue weighted by Gasteiger charge is -2.22. The molecular formula is C23H18Cl2FN3O5S. The fourth-order valence-electron chi connectivity index (χ4n) is 3.21. The van der Waals surface area contributed by atoms with Crippen molar-refractivity contribution in [3.05, 3.63) is 87.7 Å². The van der Waals surface area contributed by atoms with Crippen molar-refractivity contribution in [2.24, 2.45) is 5.10 Å². The number of nitrogens with one attached hydrogen (secondary N) is 1. The first-order valence-electron chi connectivity index (χ1n) is 10.1. The molecule has 0 aromatic heterocycles. The maximum Gasteiger partial charge on any atom is 0.255 e. The first-order valence-corrected chi connectivity index (χ1v) is 12.3. The van der Waals surface area contributed by atoms with E-state index in [1.165, 1.54) is 42.6 Å². The van der Waals surface area contributed by atoms with Gasteiger partial charge in [-0.05, 0) is 60.2 Å². The van der Waals surface area contributed by atoms with Crippen molar-refractivity contribution in [3.63, 3.8) is 0 Å². The van der Waals surface area contributed by atoms with E-state index in [0.29, 0.717) is 22.1 Å². The van der Waals surface area contributed by atoms with E-state index >= 15 is 0 Å². The zero-order chi connectivity index (χ0) is 25.0. The monoisotopic (exact) mass is 537 g/mol. The van der Waals surface area contributed by atoms with Gasteiger partial charge in [-0.2, -0.15) is 9.41 Å². The van der Waals surface area contributed by atoms with Crippen LogP contribution in [0.15, 0.2) is 70.7 Å². The molecule has 3 aromatic carbocycles. The van der Waals surface area contributed by atoms with Gasteiger partial charge in [0, 0.05) is 22.2 Å². The van der Waals surface area contributed by atoms with Crippen LogP contribution in [0.2, 0.25) is 10.0 Å². The Labute approximate surface area is 210 Å². The third-order valence-electron chi connectivity index (χ3n) is 4.97. The average Bonchev–Trinajstić information content (AvgIpc) is 3.29. The van der Waals surface area contributed by atoms with Crippen LogP contribution in [-0.2, 0) is 21.4 Å². The van der Waals surface area contributed by atoms with Gasteiger partial charge in [0.1, 0.15) is 5.82 Å². The van der Waals surface area contributed by atoms with Crippen molar-refractivity contribution < 1.29 is 27.1 Å². The van der Waals surface area contributed by atoms with Crippen molar-refractivity contribution in [2.45, 2.75) is 11.4 Å². The first kappa shape index (κ1) is 24.9. The Morgan fingerprint density at radius 3 is 2.57 bits per heavy atom. The lowest BCUT2D eigenvalue weighted by Crippen LogP contribution is -2.39. The summed E-state index contributed by atoms with van der Waals surface area (Å²) in [5.74, 6) is -0.301. The summed E-state index contributed by atoms with van der Waals surface area (Å²) in [5, 5.41) is 4.24. The van der Waals surface area contributed by atoms with Gasteiger partial charge >= 0.3 is 0 Å². The van der Waals surface area contributed by atoms with E-state index in [1.807, 2.05) is 0 Å². The summed E-state index contributed by atoms with van der Waals surface area (Å²) < 4.78 is 52.3. The summed E-state index contributed by atoms with van der Waals surface area (Å²) >= 11 is 12.0. The van der Waals surface area contributed by atoms with E-state index in [2.05, 4.69) is 10.5 Å². The van der Waals surface area contributed by atoms with E-state index in [0.717, 1.165) is 10.4 Å². The zero-order valence-electron chi connectivity index (χ0n) is 17.9. The van der Waals surface area contributed by atoms with Crippen LogP contribution in [0, 0.1) is 5.82 Å². The van der Waals surface area contributed by atoms with Gasteiger partial charge in [-0.3, -0.25) is 4.79 Å². The van der Waals surface area contributed by atoms with Crippen LogP contribution in [0.5, 0.6) is 11.5 Å². The van der Waals surface area contributed by atoms with Gasteiger partial charge in [0.25, 0.3) is 5.91 Å². The van der Waals surface area contributed by atoms with Crippen LogP contribution >= 0.6 is 23.2 Å². The molecule has 0 saturated heterocycles. The Morgan fingerprint density at radius 2 is 1.83 bits per heavy atom. The number of fused-ring (bicyclic) bond motifs is 1. The van der Waals surface area contributed by atoms with Gasteiger partial charge in [0.15, 0.2) is 11.5 Å². The summed E-state index contributed by atoms with van der Waals surface area (Å²) in [6.45, 7) is -1.000. The molecule has 0 saturated carbocycles. The number of nitrogens with zero attached hydrogens (tertiary/aromatic N) is 2. The van der Waals surface area contributed by atoms with Gasteiger partial charge in [0.2, 0.25) is 16.8 Å². The van der Waals surface area contributed by atoms with E-state index < -0.39 is 34.8 Å². The highest BCUT2D eigenvalue weighted by Gasteiger charge is 2.28. The molecule has 1 amide bonds. The number of sulfonamides is 1. The fraction of sp³-hybridized carbons (Fsp3) is 0.130. The number of carbonyl (C=O) groups is 1. The van der Waals surface area contributed by atoms with Crippen LogP contribution in [0.4, 0.5) is 4.39 Å². The molecule has 4 rings (SSSR count). The maximum absolute atomic E-state index is 14.4. The van der Waals surface area contributed by atoms with Crippen LogP contribution < -0.4 is 14.9 Å². The van der Waals surface area contributed by atoms with Gasteiger partial charge in [0.05, 0.1) is 17.7 Å². The molecular weight excluding hydrogens is 520 g/mol. The molecule has 0 bridgehead atoms. The second-order valence-electron chi connectivity index (χ2n) is 7.33. The molecule has 0 spiro atoms. The average molecular weight is 538 g/mol. The number of halogens is 3. The molecule has 1 aliphatic heterocycles. The van der Waals surface area contributed by atoms with E-state index in [9.17, 15) is 17.6 Å². The third kappa shape index (κ3) is 5.91. The van der Waals surface area contributed by atoms with Crippen molar-refractivity contribution in [1.82, 2.24) is 9.73 Å². The smallest absolute Gasteiger partial charge is 0.255 e. The Bertz CT molecular complexity index is 1360. The lowest BCUT2D eigenvalue weighted by molar-refractivity contribution is -0.121. The number of hydrogen-bond acceptors (Lipinski definition) is 6. The van der Waals surface area contributed by atoms with Crippen LogP contribution in [0.25, 0.3) is 0 Å². The second-order valence-corrected chi connectivity index (χ2v) is 10.1. The number of amides is 1. The zero-order valence-corrected chi connectivity index (χ0v) is 20.3. The molecule has 1 aliphatic rings. The second kappa shape index (κ2) is 10.6. The van der Waals surface area contributed by atoms with Gasteiger partial charge in [-0.15, -0.1) is 0 Å². The minimum atomic E-state index is -4.22. The Hall–Kier alpha value is -3.18. The van der Waals surface area contributed by atoms with Crippen molar-refractivity contribution in [3.8, 4) is 11.5 Å². The number of carbonyl (C=O) groups excluding carboxylic acids is 1. The highest BCUT2D eigenvalue weighted by molar-refractivity contribution is 7.89. The van der Waals surface area contributed by atoms with Crippen LogP contribution in [-0.4, -0.2) is 38.2 Å². The number of rotatable bonds is 8. The summed E-state index contributed by atoms with van der Waals surface area (Å²) in [4.78, 5) is 12.5. The van der Waals surface area contributed by atoms with Crippen molar-refractivity contribution >= 4 is 45.3 Å². The molecule has 1 heterocycles. The largest absolute Gasteiger partial charge is 0.454 e. The summed E-state index contributed by atoms with van der Waals surface area (Å²) in [6, 6.07) is 14.5. The summed E-state index contributed by atoms with van der Waals surface area (Å²) in [7, 11) is -4.22. The standard InChI is InChI=1S/C23H18Cl2FN3O5S/c24-16-5-7-17(8-6-16)35(31,32)29(12-18-19(25)2-1-3-20(18)26)13-23(30)28-27-11-15-4-9-21-22(10-15)34-14-33-21/h1-11H,12-14H2,(H,28,30). The molecule has 35 heavy (non-hydrogen) atoms. The maximum atomic E-state index is 14.4. The summed E-state index contributed by atoms with van der Waals surface area (Å²) in [6.07, 6.45) is 1.37. The molecule has 182 valence electrons. The van der Waals surface area contributed by atoms with Gasteiger partial charge < -0.3 is 9.47 Å². The Balaban J connectivity index is 1.53. The molecule has 8 nitrogen and oxygen atoms in total. The number of hydrogen-bond donors (Lipinski definition) is 1. The Morgan fingerprint density at radius 1 is 1.09 bits per heavy atom. The molecule has 0 radical (unpaired) electrons. The van der Waals surface area contributed by atoms with Crippen LogP contribution in [0.3, 0.4) is 0 Å². The first-order chi connectivity index (χ1) is 16.7. The lowest BCUT2D eigenvalue weighted by atomic mass is 10.2. The van der Waals surface area contributed by atoms with Crippen molar-refractivity contribution in [2.75, 3.05) is 13.3 Å². The topological polar surface area (TPSA) is 97.3 Å². The number of ether oxygens (including phenoxy) is 2. The summed E-state index contributed by atoms with van der Waals surface area (Å²) in [5.41, 5.74) is 2.84. The molecule has 0 atom stereocenters. The minimum Gasteiger partial charge on any atom is -0.454 e. The van der Waals surface area contributed by atoms with E-state index in [1.54, 1.807) is 18.2 Å². The molecule has 12 heteroatoms. The normalized spacial score (nSPS) is 12.9. The van der Waals surface area contributed by atoms with E-state index in [4.69, 9.17) is 32.7 Å². The number of benzene rings is 3. The molecule has 1 N–H and O–H groups in total. The molecule has 3 aromatic rings. The Kier molecular flexibility index (Phi) is 7.56. The highest BCUT2D eigenvalue weighted by Crippen LogP contribution is 2.32. The van der Waals surface area contributed by atoms with Gasteiger partial charge in [-0.1, -0.05) is 29.3 Å². The molecule has 0 unspecified atom stereocenters. The fourth-order valence-corrected chi connectivity index (χ4v) is 4.92. The van der Waals surface area contributed by atoms with Crippen molar-refractivity contribution in [1.29, 1.82) is 0 Å². The number of hydrazone groups is 1. The van der Waals surface area contributed by atoms with Crippen LogP contribution in [0.1, 0.15) is 11.1 Å². The SMILES string of the molecule is O=C(CN(Cc1c(F)cccc1Cl)S(=O)(=O)c1ccc(Cl)cc1)NN=Cc1ccc2c(c1)OCO2. The molecule has 0 fully saturated rings. The quantitative estimate of drug-likeness (QED) is 0.343. The molecule has 0 aliphatic carbocycles. The minimum absolute atomic E-state index is 0.0301. The predicted molar refractivity (Wildman–Crippen MR) is 129 cm³/mol. The third-order valence-corrected chi connectivity index (χ3v) is 7.38. The van der Waals surface area contributed by atoms with E-state index in [-0.39, 0.29) is 22.3 Å². The highest BCUT2D eigenvalue weighted by atomic mass is 35.5. The van der Waals surface area contributed by atoms with Gasteiger partial charge in [-0.25, -0.2) is 18.2 Å².